The summed E-state index contributed by atoms with van der Waals surface area (Å²) in [6.45, 7) is 7.39. The van der Waals surface area contributed by atoms with Crippen LogP contribution < -0.4 is 0 Å². The zero-order valence-electron chi connectivity index (χ0n) is 14.1. The van der Waals surface area contributed by atoms with Gasteiger partial charge in [0.25, 0.3) is 0 Å². The lowest BCUT2D eigenvalue weighted by atomic mass is 9.98. The van der Waals surface area contributed by atoms with Gasteiger partial charge in [-0.1, -0.05) is 17.7 Å². The van der Waals surface area contributed by atoms with Crippen molar-refractivity contribution < 1.29 is 14.3 Å². The van der Waals surface area contributed by atoms with Crippen molar-refractivity contribution >= 4 is 23.6 Å². The molecule has 1 amide bonds. The minimum atomic E-state index is -0.177. The predicted octanol–water partition coefficient (Wildman–Crippen LogP) is 3.28. The highest BCUT2D eigenvalue weighted by molar-refractivity contribution is 8.00. The van der Waals surface area contributed by atoms with Gasteiger partial charge in [0.2, 0.25) is 5.91 Å². The van der Waals surface area contributed by atoms with Crippen LogP contribution in [0.1, 0.15) is 32.3 Å². The summed E-state index contributed by atoms with van der Waals surface area (Å²) in [4.78, 5) is 27.5. The molecule has 0 saturated carbocycles. The highest BCUT2D eigenvalue weighted by atomic mass is 32.2. The van der Waals surface area contributed by atoms with Gasteiger partial charge in [0, 0.05) is 18.0 Å². The fourth-order valence-corrected chi connectivity index (χ4v) is 3.71. The minimum absolute atomic E-state index is 0.101. The van der Waals surface area contributed by atoms with Gasteiger partial charge in [-0.15, -0.1) is 11.8 Å². The smallest absolute Gasteiger partial charge is 0.310 e. The summed E-state index contributed by atoms with van der Waals surface area (Å²) in [7, 11) is 0. The van der Waals surface area contributed by atoms with Crippen LogP contribution in [0.5, 0.6) is 0 Å². The summed E-state index contributed by atoms with van der Waals surface area (Å²) in [6.07, 6.45) is 1.67. The van der Waals surface area contributed by atoms with Crippen LogP contribution in [0.2, 0.25) is 0 Å². The summed E-state index contributed by atoms with van der Waals surface area (Å²) in [6, 6.07) is 8.19. The second-order valence-corrected chi connectivity index (χ2v) is 7.36. The van der Waals surface area contributed by atoms with E-state index in [9.17, 15) is 9.59 Å². The number of likely N-dealkylation sites (tertiary alicyclic amines) is 1. The summed E-state index contributed by atoms with van der Waals surface area (Å²) in [5.41, 5.74) is 1.21. The van der Waals surface area contributed by atoms with Crippen LogP contribution in [0, 0.1) is 12.8 Å². The van der Waals surface area contributed by atoms with E-state index < -0.39 is 0 Å². The lowest BCUT2D eigenvalue weighted by Gasteiger charge is -2.33. The molecule has 1 aliphatic rings. The standard InChI is InChI=1S/C18H25NO3S/c1-4-22-18(21)15-6-5-11-19(12-15)17(20)14(3)23-16-9-7-13(2)8-10-16/h7-10,14-15H,4-6,11-12H2,1-3H3. The first-order valence-corrected chi connectivity index (χ1v) is 9.08. The van der Waals surface area contributed by atoms with Crippen LogP contribution in [-0.4, -0.2) is 41.7 Å². The molecule has 2 atom stereocenters. The highest BCUT2D eigenvalue weighted by Gasteiger charge is 2.31. The van der Waals surface area contributed by atoms with E-state index in [0.29, 0.717) is 13.2 Å². The van der Waals surface area contributed by atoms with Gasteiger partial charge in [-0.25, -0.2) is 0 Å². The average molecular weight is 335 g/mol. The Morgan fingerprint density at radius 3 is 2.70 bits per heavy atom. The number of nitrogens with zero attached hydrogens (tertiary/aromatic N) is 1. The van der Waals surface area contributed by atoms with Crippen molar-refractivity contribution in [2.24, 2.45) is 5.92 Å². The molecule has 1 aliphatic heterocycles. The van der Waals surface area contributed by atoms with Crippen molar-refractivity contribution in [3.05, 3.63) is 29.8 Å². The molecule has 0 N–H and O–H groups in total. The van der Waals surface area contributed by atoms with Crippen molar-refractivity contribution in [2.45, 2.75) is 43.8 Å². The molecule has 2 rings (SSSR count). The van der Waals surface area contributed by atoms with Crippen molar-refractivity contribution in [1.82, 2.24) is 4.90 Å². The van der Waals surface area contributed by atoms with Gasteiger partial charge >= 0.3 is 5.97 Å². The summed E-state index contributed by atoms with van der Waals surface area (Å²) in [5, 5.41) is -0.154. The Labute approximate surface area is 142 Å². The molecule has 0 bridgehead atoms. The first kappa shape index (κ1) is 17.9. The third-order valence-corrected chi connectivity index (χ3v) is 5.13. The van der Waals surface area contributed by atoms with E-state index in [4.69, 9.17) is 4.74 Å². The number of carbonyl (C=O) groups excluding carboxylic acids is 2. The zero-order valence-corrected chi connectivity index (χ0v) is 14.9. The molecular weight excluding hydrogens is 310 g/mol. The maximum absolute atomic E-state index is 12.6. The normalized spacial score (nSPS) is 19.3. The fourth-order valence-electron chi connectivity index (χ4n) is 2.76. The van der Waals surface area contributed by atoms with E-state index in [0.717, 1.165) is 24.3 Å². The molecule has 0 aromatic heterocycles. The molecule has 0 spiro atoms. The van der Waals surface area contributed by atoms with Crippen LogP contribution in [-0.2, 0) is 14.3 Å². The number of benzene rings is 1. The molecule has 1 aromatic carbocycles. The van der Waals surface area contributed by atoms with Crippen molar-refractivity contribution in [1.29, 1.82) is 0 Å². The fraction of sp³-hybridized carbons (Fsp3) is 0.556. The lowest BCUT2D eigenvalue weighted by Crippen LogP contribution is -2.45. The van der Waals surface area contributed by atoms with Crippen LogP contribution in [0.15, 0.2) is 29.2 Å². The second kappa shape index (κ2) is 8.39. The molecular formula is C18H25NO3S. The highest BCUT2D eigenvalue weighted by Crippen LogP contribution is 2.27. The molecule has 1 aromatic rings. The van der Waals surface area contributed by atoms with Crippen molar-refractivity contribution in [2.75, 3.05) is 19.7 Å². The van der Waals surface area contributed by atoms with Crippen LogP contribution in [0.3, 0.4) is 0 Å². The first-order chi connectivity index (χ1) is 11.0. The first-order valence-electron chi connectivity index (χ1n) is 8.20. The Kier molecular flexibility index (Phi) is 6.51. The van der Waals surface area contributed by atoms with Gasteiger partial charge in [-0.05, 0) is 45.7 Å². The molecule has 0 aliphatic carbocycles. The van der Waals surface area contributed by atoms with Gasteiger partial charge in [0.15, 0.2) is 0 Å². The number of thioether (sulfide) groups is 1. The van der Waals surface area contributed by atoms with Crippen LogP contribution >= 0.6 is 11.8 Å². The SMILES string of the molecule is CCOC(=O)C1CCCN(C(=O)C(C)Sc2ccc(C)cc2)C1. The maximum atomic E-state index is 12.6. The molecule has 2 unspecified atom stereocenters. The Morgan fingerprint density at radius 2 is 2.04 bits per heavy atom. The largest absolute Gasteiger partial charge is 0.466 e. The van der Waals surface area contributed by atoms with Gasteiger partial charge in [-0.2, -0.15) is 0 Å². The van der Waals surface area contributed by atoms with Gasteiger partial charge in [0.05, 0.1) is 17.8 Å². The third-order valence-electron chi connectivity index (χ3n) is 4.03. The van der Waals surface area contributed by atoms with Gasteiger partial charge in [0.1, 0.15) is 0 Å². The monoisotopic (exact) mass is 335 g/mol. The number of ether oxygens (including phenoxy) is 1. The van der Waals surface area contributed by atoms with Crippen LogP contribution in [0.25, 0.3) is 0 Å². The Bertz CT molecular complexity index is 544. The third kappa shape index (κ3) is 4.99. The predicted molar refractivity (Wildman–Crippen MR) is 92.4 cm³/mol. The average Bonchev–Trinajstić information content (AvgIpc) is 2.56. The molecule has 1 saturated heterocycles. The Morgan fingerprint density at radius 1 is 1.35 bits per heavy atom. The van der Waals surface area contributed by atoms with E-state index in [1.165, 1.54) is 5.56 Å². The number of carbonyl (C=O) groups is 2. The molecule has 5 heteroatoms. The molecule has 0 radical (unpaired) electrons. The lowest BCUT2D eigenvalue weighted by molar-refractivity contribution is -0.151. The Hall–Kier alpha value is -1.49. The van der Waals surface area contributed by atoms with E-state index in [2.05, 4.69) is 12.1 Å². The topological polar surface area (TPSA) is 46.6 Å². The van der Waals surface area contributed by atoms with Crippen LogP contribution in [0.4, 0.5) is 0 Å². The quantitative estimate of drug-likeness (QED) is 0.612. The van der Waals surface area contributed by atoms with E-state index in [1.807, 2.05) is 37.8 Å². The number of amides is 1. The van der Waals surface area contributed by atoms with E-state index in [1.54, 1.807) is 11.8 Å². The summed E-state index contributed by atoms with van der Waals surface area (Å²) >= 11 is 1.57. The zero-order chi connectivity index (χ0) is 16.8. The number of piperidine rings is 1. The van der Waals surface area contributed by atoms with E-state index >= 15 is 0 Å². The maximum Gasteiger partial charge on any atom is 0.310 e. The molecule has 4 nitrogen and oxygen atoms in total. The molecule has 126 valence electrons. The van der Waals surface area contributed by atoms with Gasteiger partial charge in [-0.3, -0.25) is 9.59 Å². The Balaban J connectivity index is 1.93. The summed E-state index contributed by atoms with van der Waals surface area (Å²) in [5.74, 6) is -0.252. The minimum Gasteiger partial charge on any atom is -0.466 e. The molecule has 23 heavy (non-hydrogen) atoms. The molecule has 1 fully saturated rings. The summed E-state index contributed by atoms with van der Waals surface area (Å²) < 4.78 is 5.09. The number of hydrogen-bond donors (Lipinski definition) is 0. The van der Waals surface area contributed by atoms with Crippen molar-refractivity contribution in [3.63, 3.8) is 0 Å². The number of hydrogen-bond acceptors (Lipinski definition) is 4. The second-order valence-electron chi connectivity index (χ2n) is 5.95. The number of esters is 1. The van der Waals surface area contributed by atoms with Gasteiger partial charge < -0.3 is 9.64 Å². The van der Waals surface area contributed by atoms with E-state index in [-0.39, 0.29) is 23.0 Å². The number of rotatable bonds is 5. The number of aryl methyl sites for hydroxylation is 1. The van der Waals surface area contributed by atoms with Crippen molar-refractivity contribution in [3.8, 4) is 0 Å². The molecule has 1 heterocycles.